The van der Waals surface area contributed by atoms with Crippen molar-refractivity contribution >= 4 is 17.8 Å². The third-order valence-corrected chi connectivity index (χ3v) is 3.49. The van der Waals surface area contributed by atoms with E-state index in [0.717, 1.165) is 16.7 Å². The second-order valence-corrected chi connectivity index (χ2v) is 5.05. The number of hydrogen-bond acceptors (Lipinski definition) is 4. The molecule has 0 saturated carbocycles. The zero-order valence-corrected chi connectivity index (χ0v) is 12.5. The molecule has 3 rings (SSSR count). The lowest BCUT2D eigenvalue weighted by Crippen LogP contribution is -1.90. The lowest BCUT2D eigenvalue weighted by molar-refractivity contribution is -0.386. The average molecular weight is 306 g/mol. The molecule has 0 amide bonds. The molecule has 0 aliphatic heterocycles. The lowest BCUT2D eigenvalue weighted by atomic mass is 10.0. The van der Waals surface area contributed by atoms with E-state index in [9.17, 15) is 10.1 Å². The molecule has 5 heteroatoms. The molecular weight excluding hydrogens is 292 g/mol. The molecule has 0 aliphatic carbocycles. The number of rotatable bonds is 4. The molecule has 0 aliphatic rings. The molecule has 23 heavy (non-hydrogen) atoms. The monoisotopic (exact) mass is 306 g/mol. The Hall–Kier alpha value is -3.21. The molecule has 114 valence electrons. The highest BCUT2D eigenvalue weighted by Gasteiger charge is 2.21. The number of nitrogens with zero attached hydrogens (tertiary/aromatic N) is 2. The van der Waals surface area contributed by atoms with Crippen molar-refractivity contribution in [2.45, 2.75) is 6.92 Å². The number of nitro groups is 1. The van der Waals surface area contributed by atoms with Gasteiger partial charge in [-0.2, -0.15) is 0 Å². The Bertz CT molecular complexity index is 850. The van der Waals surface area contributed by atoms with Gasteiger partial charge in [-0.1, -0.05) is 65.8 Å². The Balaban J connectivity index is 1.83. The van der Waals surface area contributed by atoms with E-state index in [1.807, 2.05) is 54.6 Å². The number of aromatic nitrogens is 1. The topological polar surface area (TPSA) is 69.2 Å². The molecule has 0 radical (unpaired) electrons. The zero-order chi connectivity index (χ0) is 16.2. The van der Waals surface area contributed by atoms with Crippen molar-refractivity contribution in [3.63, 3.8) is 0 Å². The van der Waals surface area contributed by atoms with Crippen LogP contribution >= 0.6 is 0 Å². The van der Waals surface area contributed by atoms with Crippen molar-refractivity contribution < 1.29 is 9.45 Å². The van der Waals surface area contributed by atoms with E-state index >= 15 is 0 Å². The van der Waals surface area contributed by atoms with Crippen LogP contribution in [0.5, 0.6) is 0 Å². The van der Waals surface area contributed by atoms with Gasteiger partial charge in [0.25, 0.3) is 0 Å². The molecule has 0 spiro atoms. The summed E-state index contributed by atoms with van der Waals surface area (Å²) in [5.74, 6) is 0.203. The molecule has 0 bridgehead atoms. The minimum atomic E-state index is -0.482. The fourth-order valence-electron chi connectivity index (χ4n) is 2.31. The van der Waals surface area contributed by atoms with Gasteiger partial charge in [0.1, 0.15) is 0 Å². The quantitative estimate of drug-likeness (QED) is 0.516. The first-order valence-corrected chi connectivity index (χ1v) is 7.09. The lowest BCUT2D eigenvalue weighted by Gasteiger charge is -2.01. The first-order chi connectivity index (χ1) is 11.1. The van der Waals surface area contributed by atoms with Crippen LogP contribution in [0, 0.1) is 17.0 Å². The van der Waals surface area contributed by atoms with Crippen LogP contribution in [0.3, 0.4) is 0 Å². The standard InChI is InChI=1S/C18H14N2O3/c1-13-18(20(21)22)17(19-23-13)12-9-14-7-10-16(11-8-14)15-5-3-2-4-6-15/h2-12H,1H3/b12-9+. The molecule has 0 fully saturated rings. The summed E-state index contributed by atoms with van der Waals surface area (Å²) < 4.78 is 4.88. The summed E-state index contributed by atoms with van der Waals surface area (Å²) in [5, 5.41) is 14.7. The van der Waals surface area contributed by atoms with Crippen LogP contribution < -0.4 is 0 Å². The summed E-state index contributed by atoms with van der Waals surface area (Å²) in [6, 6.07) is 18.0. The van der Waals surface area contributed by atoms with Crippen LogP contribution in [0.2, 0.25) is 0 Å². The normalized spacial score (nSPS) is 11.0. The fraction of sp³-hybridized carbons (Fsp3) is 0.0556. The van der Waals surface area contributed by atoms with Crippen LogP contribution in [0.4, 0.5) is 5.69 Å². The first kappa shape index (κ1) is 14.7. The summed E-state index contributed by atoms with van der Waals surface area (Å²) in [4.78, 5) is 10.5. The van der Waals surface area contributed by atoms with E-state index in [1.165, 1.54) is 6.92 Å². The molecule has 5 nitrogen and oxygen atoms in total. The van der Waals surface area contributed by atoms with E-state index < -0.39 is 4.92 Å². The molecule has 1 heterocycles. The summed E-state index contributed by atoms with van der Waals surface area (Å²) in [7, 11) is 0. The third-order valence-electron chi connectivity index (χ3n) is 3.49. The van der Waals surface area contributed by atoms with Gasteiger partial charge in [0.15, 0.2) is 5.69 Å². The smallest absolute Gasteiger partial charge is 0.338 e. The van der Waals surface area contributed by atoms with Gasteiger partial charge >= 0.3 is 5.69 Å². The van der Waals surface area contributed by atoms with Crippen LogP contribution in [-0.4, -0.2) is 10.1 Å². The minimum absolute atomic E-state index is 0.0952. The van der Waals surface area contributed by atoms with E-state index in [-0.39, 0.29) is 17.1 Å². The molecule has 0 saturated heterocycles. The Morgan fingerprint density at radius 3 is 2.30 bits per heavy atom. The number of hydrogen-bond donors (Lipinski definition) is 0. The predicted octanol–water partition coefficient (Wildman–Crippen LogP) is 4.73. The molecular formula is C18H14N2O3. The van der Waals surface area contributed by atoms with Gasteiger partial charge in [-0.05, 0) is 22.8 Å². The molecule has 0 N–H and O–H groups in total. The first-order valence-electron chi connectivity index (χ1n) is 7.09. The van der Waals surface area contributed by atoms with Crippen LogP contribution in [-0.2, 0) is 0 Å². The van der Waals surface area contributed by atoms with Gasteiger partial charge in [0.05, 0.1) is 4.92 Å². The number of aryl methyl sites for hydroxylation is 1. The number of benzene rings is 2. The summed E-state index contributed by atoms with van der Waals surface area (Å²) in [6.45, 7) is 1.52. The summed E-state index contributed by atoms with van der Waals surface area (Å²) in [6.07, 6.45) is 3.37. The van der Waals surface area contributed by atoms with Crippen molar-refractivity contribution in [3.05, 3.63) is 81.7 Å². The maximum absolute atomic E-state index is 11.0. The van der Waals surface area contributed by atoms with Gasteiger partial charge < -0.3 is 4.52 Å². The summed E-state index contributed by atoms with van der Waals surface area (Å²) >= 11 is 0. The van der Waals surface area contributed by atoms with Crippen LogP contribution in [0.1, 0.15) is 17.0 Å². The molecule has 2 aromatic carbocycles. The molecule has 0 unspecified atom stereocenters. The Morgan fingerprint density at radius 2 is 1.65 bits per heavy atom. The average Bonchev–Trinajstić information content (AvgIpc) is 2.95. The highest BCUT2D eigenvalue weighted by Crippen LogP contribution is 2.25. The molecule has 0 atom stereocenters. The maximum atomic E-state index is 11.0. The zero-order valence-electron chi connectivity index (χ0n) is 12.5. The van der Waals surface area contributed by atoms with Gasteiger partial charge in [-0.15, -0.1) is 0 Å². The summed E-state index contributed by atoms with van der Waals surface area (Å²) in [5.41, 5.74) is 3.32. The van der Waals surface area contributed by atoms with E-state index in [1.54, 1.807) is 12.2 Å². The highest BCUT2D eigenvalue weighted by molar-refractivity contribution is 5.74. The molecule has 3 aromatic rings. The Labute approximate surface area is 133 Å². The van der Waals surface area contributed by atoms with Crippen LogP contribution in [0.25, 0.3) is 23.3 Å². The van der Waals surface area contributed by atoms with Gasteiger partial charge in [-0.25, -0.2) is 0 Å². The SMILES string of the molecule is Cc1onc(/C=C/c2ccc(-c3ccccc3)cc2)c1[N+](=O)[O-]. The van der Waals surface area contributed by atoms with Crippen molar-refractivity contribution in [1.29, 1.82) is 0 Å². The van der Waals surface area contributed by atoms with Crippen molar-refractivity contribution in [2.75, 3.05) is 0 Å². The van der Waals surface area contributed by atoms with E-state index in [2.05, 4.69) is 5.16 Å². The van der Waals surface area contributed by atoms with Gasteiger partial charge in [0, 0.05) is 6.92 Å². The van der Waals surface area contributed by atoms with E-state index in [4.69, 9.17) is 4.52 Å². The second kappa shape index (κ2) is 6.27. The Morgan fingerprint density at radius 1 is 1.00 bits per heavy atom. The third kappa shape index (κ3) is 3.18. The van der Waals surface area contributed by atoms with E-state index in [0.29, 0.717) is 0 Å². The van der Waals surface area contributed by atoms with Crippen LogP contribution in [0.15, 0.2) is 59.1 Å². The van der Waals surface area contributed by atoms with Crippen molar-refractivity contribution in [2.24, 2.45) is 0 Å². The predicted molar refractivity (Wildman–Crippen MR) is 88.7 cm³/mol. The maximum Gasteiger partial charge on any atom is 0.338 e. The van der Waals surface area contributed by atoms with Crippen molar-refractivity contribution in [3.8, 4) is 11.1 Å². The van der Waals surface area contributed by atoms with Gasteiger partial charge in [-0.3, -0.25) is 10.1 Å². The van der Waals surface area contributed by atoms with Crippen molar-refractivity contribution in [1.82, 2.24) is 5.16 Å². The van der Waals surface area contributed by atoms with Gasteiger partial charge in [0.2, 0.25) is 5.76 Å². The second-order valence-electron chi connectivity index (χ2n) is 5.05. The highest BCUT2D eigenvalue weighted by atomic mass is 16.6. The minimum Gasteiger partial charge on any atom is -0.354 e. The Kier molecular flexibility index (Phi) is 4.01. The molecule has 1 aromatic heterocycles. The fourth-order valence-corrected chi connectivity index (χ4v) is 2.31. The largest absolute Gasteiger partial charge is 0.354 e.